The number of hydrogen-bond donors (Lipinski definition) is 2. The molecular weight excluding hydrogens is 148 g/mol. The fourth-order valence-electron chi connectivity index (χ4n) is 2.65. The maximum Gasteiger partial charge on any atom is 0 e. The molecule has 0 aromatic heterocycles. The smallest absolute Gasteiger partial charge is 0 e. The first-order chi connectivity index (χ1) is 5.91. The van der Waals surface area contributed by atoms with Crippen LogP contribution in [0.5, 0.6) is 0 Å². The Morgan fingerprint density at radius 1 is 0.750 bits per heavy atom. The van der Waals surface area contributed by atoms with E-state index in [0.717, 1.165) is 5.41 Å². The molecule has 2 nitrogen and oxygen atoms in total. The fourth-order valence-corrected chi connectivity index (χ4v) is 2.65. The summed E-state index contributed by atoms with van der Waals surface area (Å²) in [5, 5.41) is 6.95. The molecule has 2 saturated heterocycles. The van der Waals surface area contributed by atoms with Gasteiger partial charge in [0.15, 0.2) is 0 Å². The summed E-state index contributed by atoms with van der Waals surface area (Å²) in [6, 6.07) is 0. The topological polar surface area (TPSA) is 24.1 Å². The summed E-state index contributed by atoms with van der Waals surface area (Å²) in [5.41, 5.74) is 0.717. The van der Waals surface area contributed by atoms with Crippen molar-refractivity contribution in [3.8, 4) is 0 Å². The van der Waals surface area contributed by atoms with E-state index in [-0.39, 0.29) is 1.43 Å². The average molecular weight is 170 g/mol. The monoisotopic (exact) mass is 170 g/mol. The molecule has 0 atom stereocenters. The summed E-state index contributed by atoms with van der Waals surface area (Å²) in [4.78, 5) is 0. The minimum Gasteiger partial charge on any atom is -0.317 e. The lowest BCUT2D eigenvalue weighted by atomic mass is 9.73. The van der Waals surface area contributed by atoms with Crippen molar-refractivity contribution in [1.29, 1.82) is 0 Å². The van der Waals surface area contributed by atoms with Crippen LogP contribution in [0.25, 0.3) is 0 Å². The van der Waals surface area contributed by atoms with Gasteiger partial charge in [0.2, 0.25) is 0 Å². The third-order valence-electron chi connectivity index (χ3n) is 3.56. The first kappa shape index (κ1) is 8.52. The summed E-state index contributed by atoms with van der Waals surface area (Å²) < 4.78 is 0. The number of piperidine rings is 1. The van der Waals surface area contributed by atoms with Crippen LogP contribution in [-0.4, -0.2) is 26.2 Å². The molecule has 0 saturated carbocycles. The second-order valence-electron chi connectivity index (χ2n) is 4.35. The van der Waals surface area contributed by atoms with Crippen LogP contribution in [0.15, 0.2) is 0 Å². The quantitative estimate of drug-likeness (QED) is 0.574. The molecule has 2 rings (SSSR count). The fraction of sp³-hybridized carbons (Fsp3) is 1.00. The van der Waals surface area contributed by atoms with E-state index < -0.39 is 0 Å². The Labute approximate surface area is 76.6 Å². The lowest BCUT2D eigenvalue weighted by Crippen LogP contribution is -2.37. The van der Waals surface area contributed by atoms with Crippen molar-refractivity contribution < 1.29 is 1.43 Å². The van der Waals surface area contributed by atoms with Crippen LogP contribution in [0.3, 0.4) is 0 Å². The third-order valence-corrected chi connectivity index (χ3v) is 3.56. The van der Waals surface area contributed by atoms with Gasteiger partial charge in [-0.2, -0.15) is 0 Å². The van der Waals surface area contributed by atoms with E-state index in [1.807, 2.05) is 0 Å². The highest BCUT2D eigenvalue weighted by Gasteiger charge is 2.31. The SMILES string of the molecule is C1CNCCC2(C1)CCNCC2.[HH]. The zero-order chi connectivity index (χ0) is 8.28. The molecule has 0 amide bonds. The Morgan fingerprint density at radius 3 is 2.00 bits per heavy atom. The van der Waals surface area contributed by atoms with Crippen LogP contribution in [0.4, 0.5) is 0 Å². The molecule has 2 heteroatoms. The second kappa shape index (κ2) is 3.75. The second-order valence-corrected chi connectivity index (χ2v) is 4.35. The van der Waals surface area contributed by atoms with Gasteiger partial charge in [0.1, 0.15) is 0 Å². The normalized spacial score (nSPS) is 30.0. The molecule has 2 N–H and O–H groups in total. The van der Waals surface area contributed by atoms with Crippen LogP contribution in [0.2, 0.25) is 0 Å². The van der Waals surface area contributed by atoms with Crippen molar-refractivity contribution in [1.82, 2.24) is 10.6 Å². The molecule has 0 aliphatic carbocycles. The van der Waals surface area contributed by atoms with Gasteiger partial charge in [0.25, 0.3) is 0 Å². The summed E-state index contributed by atoms with van der Waals surface area (Å²) in [6.07, 6.45) is 7.08. The molecule has 0 aromatic rings. The van der Waals surface area contributed by atoms with Gasteiger partial charge < -0.3 is 10.6 Å². The highest BCUT2D eigenvalue weighted by atomic mass is 14.9. The van der Waals surface area contributed by atoms with E-state index in [2.05, 4.69) is 10.6 Å². The van der Waals surface area contributed by atoms with Gasteiger partial charge in [-0.1, -0.05) is 0 Å². The number of nitrogens with one attached hydrogen (secondary N) is 2. The van der Waals surface area contributed by atoms with Gasteiger partial charge in [-0.3, -0.25) is 0 Å². The highest BCUT2D eigenvalue weighted by molar-refractivity contribution is 4.86. The molecule has 12 heavy (non-hydrogen) atoms. The Balaban J connectivity index is 0.000000845. The van der Waals surface area contributed by atoms with Crippen molar-refractivity contribution in [2.75, 3.05) is 26.2 Å². The van der Waals surface area contributed by atoms with E-state index in [4.69, 9.17) is 0 Å². The van der Waals surface area contributed by atoms with Crippen molar-refractivity contribution in [2.45, 2.75) is 32.1 Å². The molecule has 2 aliphatic heterocycles. The van der Waals surface area contributed by atoms with Crippen LogP contribution >= 0.6 is 0 Å². The van der Waals surface area contributed by atoms with E-state index in [0.29, 0.717) is 0 Å². The predicted molar refractivity (Wildman–Crippen MR) is 53.4 cm³/mol. The van der Waals surface area contributed by atoms with Crippen LogP contribution in [0, 0.1) is 5.41 Å². The molecular formula is C10H22N2. The summed E-state index contributed by atoms with van der Waals surface area (Å²) in [7, 11) is 0. The number of rotatable bonds is 0. The van der Waals surface area contributed by atoms with E-state index >= 15 is 0 Å². The molecule has 2 aliphatic rings. The zero-order valence-corrected chi connectivity index (χ0v) is 7.86. The Bertz CT molecular complexity index is 134. The lowest BCUT2D eigenvalue weighted by molar-refractivity contribution is 0.177. The van der Waals surface area contributed by atoms with Crippen LogP contribution < -0.4 is 10.6 Å². The largest absolute Gasteiger partial charge is 0.317 e. The predicted octanol–water partition coefficient (Wildman–Crippen LogP) is 1.38. The van der Waals surface area contributed by atoms with Gasteiger partial charge in [0.05, 0.1) is 0 Å². The van der Waals surface area contributed by atoms with E-state index in [9.17, 15) is 0 Å². The van der Waals surface area contributed by atoms with Crippen molar-refractivity contribution >= 4 is 0 Å². The summed E-state index contributed by atoms with van der Waals surface area (Å²) in [6.45, 7) is 5.00. The van der Waals surface area contributed by atoms with Crippen molar-refractivity contribution in [3.63, 3.8) is 0 Å². The van der Waals surface area contributed by atoms with Crippen LogP contribution in [0.1, 0.15) is 33.5 Å². The Morgan fingerprint density at radius 2 is 1.33 bits per heavy atom. The molecule has 0 unspecified atom stereocenters. The van der Waals surface area contributed by atoms with Gasteiger partial charge in [0, 0.05) is 1.43 Å². The maximum absolute atomic E-state index is 3.50. The van der Waals surface area contributed by atoms with Gasteiger partial charge in [-0.25, -0.2) is 0 Å². The third kappa shape index (κ3) is 1.80. The molecule has 0 bridgehead atoms. The lowest BCUT2D eigenvalue weighted by Gasteiger charge is -2.36. The van der Waals surface area contributed by atoms with Crippen LogP contribution in [-0.2, 0) is 0 Å². The molecule has 1 spiro atoms. The van der Waals surface area contributed by atoms with E-state index in [1.165, 1.54) is 58.3 Å². The van der Waals surface area contributed by atoms with E-state index in [1.54, 1.807) is 0 Å². The molecule has 0 radical (unpaired) electrons. The molecule has 72 valence electrons. The minimum atomic E-state index is 0. The Hall–Kier alpha value is -0.0800. The first-order valence-electron chi connectivity index (χ1n) is 5.33. The zero-order valence-electron chi connectivity index (χ0n) is 7.86. The van der Waals surface area contributed by atoms with Crippen molar-refractivity contribution in [3.05, 3.63) is 0 Å². The molecule has 2 heterocycles. The first-order valence-corrected chi connectivity index (χ1v) is 5.33. The Kier molecular flexibility index (Phi) is 2.66. The molecule has 0 aromatic carbocycles. The maximum atomic E-state index is 3.50. The standard InChI is InChI=1S/C10H20N2.H2/c1-2-10(3-7-11-6-1)4-8-12-9-5-10;/h11-12H,1-9H2;1H. The summed E-state index contributed by atoms with van der Waals surface area (Å²) >= 11 is 0. The summed E-state index contributed by atoms with van der Waals surface area (Å²) in [5.74, 6) is 0. The van der Waals surface area contributed by atoms with Gasteiger partial charge >= 0.3 is 0 Å². The average Bonchev–Trinajstić information content (AvgIpc) is 2.33. The van der Waals surface area contributed by atoms with Gasteiger partial charge in [-0.05, 0) is 63.7 Å². The van der Waals surface area contributed by atoms with Crippen molar-refractivity contribution in [2.24, 2.45) is 5.41 Å². The molecule has 2 fully saturated rings. The highest BCUT2D eigenvalue weighted by Crippen LogP contribution is 2.37. The van der Waals surface area contributed by atoms with Gasteiger partial charge in [-0.15, -0.1) is 0 Å². The number of hydrogen-bond acceptors (Lipinski definition) is 2. The minimum absolute atomic E-state index is 0.